The fraction of sp³-hybridized carbons (Fsp3) is 0.875. The van der Waals surface area contributed by atoms with Gasteiger partial charge in [-0.2, -0.15) is 11.8 Å². The minimum atomic E-state index is -0.590. The Labute approximate surface area is 131 Å². The molecule has 21 heavy (non-hydrogen) atoms. The minimum Gasteiger partial charge on any atom is -0.340 e. The maximum Gasteiger partial charge on any atom is 0.249 e. The third-order valence-corrected chi connectivity index (χ3v) is 6.74. The van der Waals surface area contributed by atoms with E-state index in [0.717, 1.165) is 38.5 Å². The van der Waals surface area contributed by atoms with Gasteiger partial charge in [0.05, 0.1) is 0 Å². The first-order valence-electron chi connectivity index (χ1n) is 8.27. The number of amides is 2. The molecule has 1 heterocycles. The zero-order valence-corrected chi connectivity index (χ0v) is 13.9. The van der Waals surface area contributed by atoms with Crippen LogP contribution in [-0.4, -0.2) is 45.8 Å². The molecule has 0 bridgehead atoms. The highest BCUT2D eigenvalue weighted by molar-refractivity contribution is 7.99. The second-order valence-electron chi connectivity index (χ2n) is 6.79. The van der Waals surface area contributed by atoms with E-state index in [2.05, 4.69) is 11.6 Å². The molecule has 0 aromatic heterocycles. The van der Waals surface area contributed by atoms with Gasteiger partial charge < -0.3 is 10.2 Å². The fourth-order valence-corrected chi connectivity index (χ4v) is 5.36. The van der Waals surface area contributed by atoms with Crippen LogP contribution in [0.3, 0.4) is 0 Å². The first-order chi connectivity index (χ1) is 10.1. The van der Waals surface area contributed by atoms with Crippen molar-refractivity contribution >= 4 is 23.6 Å². The number of hydrogen-bond acceptors (Lipinski definition) is 3. The minimum absolute atomic E-state index is 0.0447. The number of hydrogen-bond donors (Lipinski definition) is 1. The van der Waals surface area contributed by atoms with E-state index in [-0.39, 0.29) is 23.9 Å². The van der Waals surface area contributed by atoms with Crippen molar-refractivity contribution in [3.63, 3.8) is 0 Å². The van der Waals surface area contributed by atoms with Gasteiger partial charge in [-0.05, 0) is 38.9 Å². The Morgan fingerprint density at radius 2 is 1.86 bits per heavy atom. The second-order valence-corrected chi connectivity index (χ2v) is 7.87. The summed E-state index contributed by atoms with van der Waals surface area (Å²) in [6, 6.07) is -0.0739. The van der Waals surface area contributed by atoms with Gasteiger partial charge in [0, 0.05) is 11.3 Å². The summed E-state index contributed by atoms with van der Waals surface area (Å²) in [6.45, 7) is 1.89. The molecule has 1 spiro atoms. The van der Waals surface area contributed by atoms with Gasteiger partial charge in [-0.15, -0.1) is 0 Å². The molecule has 2 aliphatic carbocycles. The molecule has 2 amide bonds. The van der Waals surface area contributed by atoms with E-state index in [4.69, 9.17) is 0 Å². The number of nitrogens with one attached hydrogen (secondary N) is 1. The molecular weight excluding hydrogens is 284 g/mol. The summed E-state index contributed by atoms with van der Waals surface area (Å²) < 4.78 is 0. The van der Waals surface area contributed by atoms with Crippen LogP contribution >= 0.6 is 11.8 Å². The molecule has 1 saturated heterocycles. The predicted molar refractivity (Wildman–Crippen MR) is 85.2 cm³/mol. The van der Waals surface area contributed by atoms with Gasteiger partial charge in [0.1, 0.15) is 11.6 Å². The van der Waals surface area contributed by atoms with Gasteiger partial charge in [-0.25, -0.2) is 0 Å². The summed E-state index contributed by atoms with van der Waals surface area (Å²) >= 11 is 1.85. The monoisotopic (exact) mass is 310 g/mol. The normalized spacial score (nSPS) is 36.1. The Kier molecular flexibility index (Phi) is 4.21. The third kappa shape index (κ3) is 2.47. The number of carbonyl (C=O) groups excluding carboxylic acids is 2. The molecular formula is C16H26N2O2S. The van der Waals surface area contributed by atoms with E-state index in [1.807, 2.05) is 23.6 Å². The number of nitrogens with zero attached hydrogens (tertiary/aromatic N) is 1. The van der Waals surface area contributed by atoms with Crippen LogP contribution in [0, 0.1) is 0 Å². The van der Waals surface area contributed by atoms with Crippen LogP contribution < -0.4 is 5.32 Å². The summed E-state index contributed by atoms with van der Waals surface area (Å²) in [6.07, 6.45) is 10.4. The van der Waals surface area contributed by atoms with Crippen molar-refractivity contribution in [2.45, 2.75) is 81.2 Å². The Bertz CT molecular complexity index is 434. The van der Waals surface area contributed by atoms with E-state index in [1.54, 1.807) is 0 Å². The quantitative estimate of drug-likeness (QED) is 0.851. The first kappa shape index (κ1) is 15.2. The molecule has 3 aliphatic rings. The Morgan fingerprint density at radius 1 is 1.14 bits per heavy atom. The largest absolute Gasteiger partial charge is 0.340 e. The standard InChI is InChI=1S/C16H26N2O2S/c1-11-14(19)17-16(9-4-3-5-10-16)15(20)18(11)12-7-6-8-13(12)21-2/h11-13H,3-10H2,1-2H3,(H,17,19). The molecule has 0 aromatic carbocycles. The maximum absolute atomic E-state index is 13.2. The summed E-state index contributed by atoms with van der Waals surface area (Å²) in [7, 11) is 0. The summed E-state index contributed by atoms with van der Waals surface area (Å²) in [5.41, 5.74) is -0.590. The topological polar surface area (TPSA) is 49.4 Å². The van der Waals surface area contributed by atoms with Gasteiger partial charge in [0.25, 0.3) is 0 Å². The molecule has 4 nitrogen and oxygen atoms in total. The molecule has 3 unspecified atom stereocenters. The summed E-state index contributed by atoms with van der Waals surface area (Å²) in [5, 5.41) is 3.57. The van der Waals surface area contributed by atoms with Crippen LogP contribution in [-0.2, 0) is 9.59 Å². The highest BCUT2D eigenvalue weighted by Gasteiger charge is 2.52. The molecule has 0 radical (unpaired) electrons. The van der Waals surface area contributed by atoms with Gasteiger partial charge in [0.2, 0.25) is 11.8 Å². The van der Waals surface area contributed by atoms with E-state index in [1.165, 1.54) is 12.8 Å². The van der Waals surface area contributed by atoms with Crippen molar-refractivity contribution in [3.8, 4) is 0 Å². The van der Waals surface area contributed by atoms with Crippen LogP contribution in [0.25, 0.3) is 0 Å². The van der Waals surface area contributed by atoms with E-state index >= 15 is 0 Å². The lowest BCUT2D eigenvalue weighted by Crippen LogP contribution is -2.72. The van der Waals surface area contributed by atoms with Crippen molar-refractivity contribution in [1.29, 1.82) is 0 Å². The number of piperazine rings is 1. The van der Waals surface area contributed by atoms with Crippen molar-refractivity contribution in [2.24, 2.45) is 0 Å². The highest BCUT2D eigenvalue weighted by Crippen LogP contribution is 2.39. The zero-order chi connectivity index (χ0) is 15.0. The lowest BCUT2D eigenvalue weighted by atomic mass is 9.78. The van der Waals surface area contributed by atoms with Gasteiger partial charge in [0.15, 0.2) is 0 Å². The van der Waals surface area contributed by atoms with Crippen LogP contribution in [0.2, 0.25) is 0 Å². The lowest BCUT2D eigenvalue weighted by Gasteiger charge is -2.49. The Hall–Kier alpha value is -0.710. The Morgan fingerprint density at radius 3 is 2.52 bits per heavy atom. The first-order valence-corrected chi connectivity index (χ1v) is 9.55. The summed E-state index contributed by atoms with van der Waals surface area (Å²) in [4.78, 5) is 27.6. The molecule has 3 atom stereocenters. The molecule has 2 saturated carbocycles. The molecule has 0 aromatic rings. The van der Waals surface area contributed by atoms with E-state index in [9.17, 15) is 9.59 Å². The number of thioether (sulfide) groups is 1. The van der Waals surface area contributed by atoms with Crippen LogP contribution in [0.5, 0.6) is 0 Å². The van der Waals surface area contributed by atoms with Crippen molar-refractivity contribution in [3.05, 3.63) is 0 Å². The SMILES string of the molecule is CSC1CCCC1N1C(=O)C2(CCCCC2)NC(=O)C1C. The van der Waals surface area contributed by atoms with Gasteiger partial charge in [-0.3, -0.25) is 9.59 Å². The highest BCUT2D eigenvalue weighted by atomic mass is 32.2. The summed E-state index contributed by atoms with van der Waals surface area (Å²) in [5.74, 6) is 0.239. The zero-order valence-electron chi connectivity index (χ0n) is 13.1. The molecule has 1 aliphatic heterocycles. The number of carbonyl (C=O) groups is 2. The van der Waals surface area contributed by atoms with Crippen molar-refractivity contribution in [1.82, 2.24) is 10.2 Å². The fourth-order valence-electron chi connectivity index (χ4n) is 4.37. The smallest absolute Gasteiger partial charge is 0.249 e. The molecule has 3 fully saturated rings. The molecule has 3 rings (SSSR count). The Balaban J connectivity index is 1.89. The average Bonchev–Trinajstić information content (AvgIpc) is 2.95. The maximum atomic E-state index is 13.2. The van der Waals surface area contributed by atoms with Crippen LogP contribution in [0.1, 0.15) is 58.3 Å². The van der Waals surface area contributed by atoms with E-state index < -0.39 is 5.54 Å². The molecule has 5 heteroatoms. The van der Waals surface area contributed by atoms with Crippen LogP contribution in [0.4, 0.5) is 0 Å². The average molecular weight is 310 g/mol. The second kappa shape index (κ2) is 5.82. The molecule has 1 N–H and O–H groups in total. The van der Waals surface area contributed by atoms with Gasteiger partial charge >= 0.3 is 0 Å². The van der Waals surface area contributed by atoms with Crippen LogP contribution in [0.15, 0.2) is 0 Å². The lowest BCUT2D eigenvalue weighted by molar-refractivity contribution is -0.158. The van der Waals surface area contributed by atoms with E-state index in [0.29, 0.717) is 5.25 Å². The number of rotatable bonds is 2. The molecule has 118 valence electrons. The van der Waals surface area contributed by atoms with Gasteiger partial charge in [-0.1, -0.05) is 25.7 Å². The van der Waals surface area contributed by atoms with Crippen molar-refractivity contribution in [2.75, 3.05) is 6.26 Å². The third-order valence-electron chi connectivity index (χ3n) is 5.59. The van der Waals surface area contributed by atoms with Crippen molar-refractivity contribution < 1.29 is 9.59 Å². The predicted octanol–water partition coefficient (Wildman–Crippen LogP) is 2.32.